The molecule has 20 heavy (non-hydrogen) atoms. The second-order valence-electron chi connectivity index (χ2n) is 6.58. The Balaban J connectivity index is 0.00000200. The summed E-state index contributed by atoms with van der Waals surface area (Å²) < 4.78 is 0. The predicted octanol–water partition coefficient (Wildman–Crippen LogP) is 3.54. The van der Waals surface area contributed by atoms with E-state index in [1.165, 1.54) is 38.5 Å². The van der Waals surface area contributed by atoms with Gasteiger partial charge in [-0.2, -0.15) is 0 Å². The van der Waals surface area contributed by atoms with Crippen LogP contribution in [0.25, 0.3) is 0 Å². The first-order valence-corrected chi connectivity index (χ1v) is 8.29. The van der Waals surface area contributed by atoms with Gasteiger partial charge in [0.05, 0.1) is 0 Å². The van der Waals surface area contributed by atoms with Gasteiger partial charge in [-0.05, 0) is 44.4 Å². The van der Waals surface area contributed by atoms with E-state index in [0.717, 1.165) is 44.4 Å². The van der Waals surface area contributed by atoms with Crippen molar-refractivity contribution in [2.45, 2.75) is 89.1 Å². The van der Waals surface area contributed by atoms with Crippen molar-refractivity contribution < 1.29 is 4.79 Å². The second-order valence-corrected chi connectivity index (χ2v) is 6.58. The van der Waals surface area contributed by atoms with Crippen LogP contribution in [0.1, 0.15) is 77.0 Å². The van der Waals surface area contributed by atoms with Gasteiger partial charge in [0.15, 0.2) is 0 Å². The van der Waals surface area contributed by atoms with Gasteiger partial charge in [0.25, 0.3) is 0 Å². The van der Waals surface area contributed by atoms with Crippen LogP contribution < -0.4 is 11.1 Å². The van der Waals surface area contributed by atoms with E-state index in [1.54, 1.807) is 0 Å². The van der Waals surface area contributed by atoms with Crippen LogP contribution in [0.2, 0.25) is 0 Å². The largest absolute Gasteiger partial charge is 0.353 e. The van der Waals surface area contributed by atoms with E-state index in [9.17, 15) is 4.79 Å². The summed E-state index contributed by atoms with van der Waals surface area (Å²) in [5.41, 5.74) is 5.88. The van der Waals surface area contributed by atoms with E-state index in [0.29, 0.717) is 12.1 Å². The van der Waals surface area contributed by atoms with Crippen LogP contribution in [-0.2, 0) is 4.79 Å². The number of amides is 1. The average molecular weight is 303 g/mol. The molecule has 1 amide bonds. The Kier molecular flexibility index (Phi) is 8.55. The van der Waals surface area contributed by atoms with Crippen LogP contribution in [0, 0.1) is 5.92 Å². The molecule has 2 aliphatic rings. The van der Waals surface area contributed by atoms with E-state index in [1.807, 2.05) is 0 Å². The molecule has 0 aliphatic heterocycles. The highest BCUT2D eigenvalue weighted by Crippen LogP contribution is 2.27. The number of hydrogen-bond acceptors (Lipinski definition) is 2. The van der Waals surface area contributed by atoms with Gasteiger partial charge in [-0.3, -0.25) is 4.79 Å². The fourth-order valence-electron chi connectivity index (χ4n) is 3.59. The van der Waals surface area contributed by atoms with E-state index in [4.69, 9.17) is 5.73 Å². The van der Waals surface area contributed by atoms with Gasteiger partial charge in [0.2, 0.25) is 5.91 Å². The first kappa shape index (κ1) is 17.8. The third kappa shape index (κ3) is 6.45. The van der Waals surface area contributed by atoms with Crippen LogP contribution >= 0.6 is 12.4 Å². The molecule has 0 atom stereocenters. The van der Waals surface area contributed by atoms with Crippen molar-refractivity contribution in [3.8, 4) is 0 Å². The Bertz CT molecular complexity index is 272. The number of hydrogen-bond donors (Lipinski definition) is 2. The summed E-state index contributed by atoms with van der Waals surface area (Å²) in [5.74, 6) is 1.16. The van der Waals surface area contributed by atoms with Gasteiger partial charge in [-0.1, -0.05) is 32.1 Å². The zero-order chi connectivity index (χ0) is 13.5. The Morgan fingerprint density at radius 3 is 2.30 bits per heavy atom. The lowest BCUT2D eigenvalue weighted by Crippen LogP contribution is -2.40. The standard InChI is InChI=1S/C16H30N2O.ClH/c17-14-9-11-15(12-10-14)18-16(19)8-4-7-13-5-2-1-3-6-13;/h13-15H,1-12,17H2,(H,18,19);1H. The highest BCUT2D eigenvalue weighted by Gasteiger charge is 2.20. The molecule has 0 aromatic heterocycles. The van der Waals surface area contributed by atoms with Crippen molar-refractivity contribution in [2.24, 2.45) is 11.7 Å². The lowest BCUT2D eigenvalue weighted by Gasteiger charge is -2.27. The Labute approximate surface area is 129 Å². The van der Waals surface area contributed by atoms with Crippen molar-refractivity contribution in [3.63, 3.8) is 0 Å². The highest BCUT2D eigenvalue weighted by atomic mass is 35.5. The number of nitrogens with one attached hydrogen (secondary N) is 1. The molecule has 0 bridgehead atoms. The summed E-state index contributed by atoms with van der Waals surface area (Å²) >= 11 is 0. The van der Waals surface area contributed by atoms with Crippen molar-refractivity contribution >= 4 is 18.3 Å². The summed E-state index contributed by atoms with van der Waals surface area (Å²) in [5, 5.41) is 3.18. The van der Waals surface area contributed by atoms with Crippen molar-refractivity contribution in [1.82, 2.24) is 5.32 Å². The van der Waals surface area contributed by atoms with Gasteiger partial charge in [-0.25, -0.2) is 0 Å². The molecule has 0 saturated heterocycles. The molecule has 2 rings (SSSR count). The minimum atomic E-state index is 0. The van der Waals surface area contributed by atoms with E-state index in [2.05, 4.69) is 5.32 Å². The first-order chi connectivity index (χ1) is 9.24. The predicted molar refractivity (Wildman–Crippen MR) is 86.0 cm³/mol. The molecule has 2 aliphatic carbocycles. The Hall–Kier alpha value is -0.280. The molecule has 2 fully saturated rings. The van der Waals surface area contributed by atoms with Gasteiger partial charge < -0.3 is 11.1 Å². The molecule has 118 valence electrons. The summed E-state index contributed by atoms with van der Waals surface area (Å²) in [6, 6.07) is 0.751. The molecule has 0 aromatic rings. The lowest BCUT2D eigenvalue weighted by atomic mass is 9.86. The normalized spacial score (nSPS) is 27.6. The van der Waals surface area contributed by atoms with Crippen LogP contribution in [-0.4, -0.2) is 18.0 Å². The van der Waals surface area contributed by atoms with Crippen LogP contribution in [0.3, 0.4) is 0 Å². The second kappa shape index (κ2) is 9.62. The topological polar surface area (TPSA) is 55.1 Å². The fourth-order valence-corrected chi connectivity index (χ4v) is 3.59. The third-order valence-corrected chi connectivity index (χ3v) is 4.88. The van der Waals surface area contributed by atoms with Gasteiger partial charge in [0.1, 0.15) is 0 Å². The summed E-state index contributed by atoms with van der Waals surface area (Å²) in [6.07, 6.45) is 14.3. The van der Waals surface area contributed by atoms with Gasteiger partial charge in [-0.15, -0.1) is 12.4 Å². The lowest BCUT2D eigenvalue weighted by molar-refractivity contribution is -0.122. The molecule has 0 unspecified atom stereocenters. The van der Waals surface area contributed by atoms with E-state index >= 15 is 0 Å². The monoisotopic (exact) mass is 302 g/mol. The highest BCUT2D eigenvalue weighted by molar-refractivity contribution is 5.85. The maximum absolute atomic E-state index is 11.9. The van der Waals surface area contributed by atoms with Crippen LogP contribution in [0.5, 0.6) is 0 Å². The molecular weight excluding hydrogens is 272 g/mol. The Morgan fingerprint density at radius 2 is 1.65 bits per heavy atom. The molecule has 4 heteroatoms. The Morgan fingerprint density at radius 1 is 1.00 bits per heavy atom. The molecule has 3 N–H and O–H groups in total. The molecular formula is C16H31ClN2O. The number of carbonyl (C=O) groups is 1. The van der Waals surface area contributed by atoms with E-state index < -0.39 is 0 Å². The van der Waals surface area contributed by atoms with Crippen molar-refractivity contribution in [1.29, 1.82) is 0 Å². The molecule has 2 saturated carbocycles. The maximum atomic E-state index is 11.9. The van der Waals surface area contributed by atoms with Gasteiger partial charge >= 0.3 is 0 Å². The zero-order valence-electron chi connectivity index (χ0n) is 12.6. The molecule has 0 radical (unpaired) electrons. The quantitative estimate of drug-likeness (QED) is 0.816. The molecule has 0 aromatic carbocycles. The third-order valence-electron chi connectivity index (χ3n) is 4.88. The van der Waals surface area contributed by atoms with E-state index in [-0.39, 0.29) is 18.3 Å². The smallest absolute Gasteiger partial charge is 0.220 e. The fraction of sp³-hybridized carbons (Fsp3) is 0.938. The van der Waals surface area contributed by atoms with Gasteiger partial charge in [0, 0.05) is 18.5 Å². The number of carbonyl (C=O) groups excluding carboxylic acids is 1. The molecule has 0 heterocycles. The average Bonchev–Trinajstić information content (AvgIpc) is 2.43. The molecule has 0 spiro atoms. The number of nitrogens with two attached hydrogens (primary N) is 1. The van der Waals surface area contributed by atoms with Crippen LogP contribution in [0.15, 0.2) is 0 Å². The minimum absolute atomic E-state index is 0. The number of halogens is 1. The molecule has 3 nitrogen and oxygen atoms in total. The maximum Gasteiger partial charge on any atom is 0.220 e. The summed E-state index contributed by atoms with van der Waals surface area (Å²) in [6.45, 7) is 0. The van der Waals surface area contributed by atoms with Crippen molar-refractivity contribution in [2.75, 3.05) is 0 Å². The summed E-state index contributed by atoms with van der Waals surface area (Å²) in [4.78, 5) is 11.9. The minimum Gasteiger partial charge on any atom is -0.353 e. The first-order valence-electron chi connectivity index (χ1n) is 8.29. The van der Waals surface area contributed by atoms with Crippen molar-refractivity contribution in [3.05, 3.63) is 0 Å². The SMILES string of the molecule is Cl.NC1CCC(NC(=O)CCCC2CCCCC2)CC1. The zero-order valence-corrected chi connectivity index (χ0v) is 13.4. The number of rotatable bonds is 5. The van der Waals surface area contributed by atoms with Crippen LogP contribution in [0.4, 0.5) is 0 Å². The summed E-state index contributed by atoms with van der Waals surface area (Å²) in [7, 11) is 0.